The number of para-hydroxylation sites is 1. The fourth-order valence-electron chi connectivity index (χ4n) is 2.40. The van der Waals surface area contributed by atoms with E-state index >= 15 is 0 Å². The third kappa shape index (κ3) is 1.35. The molecule has 15 heavy (non-hydrogen) atoms. The van der Waals surface area contributed by atoms with Gasteiger partial charge in [0.05, 0.1) is 0 Å². The molecule has 1 aromatic carbocycles. The van der Waals surface area contributed by atoms with E-state index < -0.39 is 0 Å². The van der Waals surface area contributed by atoms with Crippen molar-refractivity contribution in [3.8, 4) is 0 Å². The van der Waals surface area contributed by atoms with Crippen LogP contribution in [0.4, 0.5) is 5.82 Å². The number of H-pyrrole nitrogens is 1. The number of aromatic amines is 1. The van der Waals surface area contributed by atoms with Gasteiger partial charge in [-0.3, -0.25) is 0 Å². The second kappa shape index (κ2) is 3.52. The Bertz CT molecular complexity index is 515. The van der Waals surface area contributed by atoms with E-state index in [-0.39, 0.29) is 15.0 Å². The van der Waals surface area contributed by atoms with Crippen molar-refractivity contribution in [1.82, 2.24) is 4.98 Å². The van der Waals surface area contributed by atoms with Gasteiger partial charge in [0.25, 0.3) is 0 Å². The molecular formula is C12H13AlN2. The number of hydrogen-bond donors (Lipinski definition) is 1. The summed E-state index contributed by atoms with van der Waals surface area (Å²) in [6.07, 6.45) is 2.46. The summed E-state index contributed by atoms with van der Waals surface area (Å²) in [5, 5.41) is 5.46. The van der Waals surface area contributed by atoms with E-state index in [0.29, 0.717) is 0 Å². The van der Waals surface area contributed by atoms with Gasteiger partial charge in [-0.1, -0.05) is 0 Å². The minimum atomic E-state index is 0.138. The molecule has 0 radical (unpaired) electrons. The van der Waals surface area contributed by atoms with E-state index in [4.69, 9.17) is 0 Å². The average Bonchev–Trinajstić information content (AvgIpc) is 2.67. The second-order valence-corrected chi connectivity index (χ2v) is 4.97. The predicted molar refractivity (Wildman–Crippen MR) is 66.8 cm³/mol. The second-order valence-electron chi connectivity index (χ2n) is 3.98. The molecule has 2 nitrogen and oxygen atoms in total. The molecule has 2 heterocycles. The Kier molecular flexibility index (Phi) is 2.16. The standard InChI is InChI=1S/C11H11N2.CH2.Al/c1-2-6-10-8(4-1)9-5-3-7-12-11(9)13-10;;/h1-2,4,6,13H,3,5,7H2;1H2;/q-1;;+1. The van der Waals surface area contributed by atoms with Crippen LogP contribution in [0.15, 0.2) is 24.3 Å². The number of rotatable bonds is 1. The quantitative estimate of drug-likeness (QED) is 0.716. The number of nitrogens with zero attached hydrogens (tertiary/aromatic N) is 1. The van der Waals surface area contributed by atoms with Gasteiger partial charge in [-0.2, -0.15) is 0 Å². The molecule has 0 atom stereocenters. The van der Waals surface area contributed by atoms with Gasteiger partial charge < -0.3 is 0 Å². The molecule has 1 aliphatic heterocycles. The summed E-state index contributed by atoms with van der Waals surface area (Å²) < 4.78 is 2.42. The van der Waals surface area contributed by atoms with Crippen LogP contribution < -0.4 is 3.88 Å². The molecular weight excluding hydrogens is 199 g/mol. The SMILES string of the molecule is [CH2]=[Al][N]1CCCc2c1[nH]c1ccccc21. The molecule has 0 bridgehead atoms. The van der Waals surface area contributed by atoms with Gasteiger partial charge in [-0.15, -0.1) is 0 Å². The minimum absolute atomic E-state index is 0.138. The fraction of sp³-hybridized carbons (Fsp3) is 0.250. The zero-order valence-electron chi connectivity index (χ0n) is 8.66. The van der Waals surface area contributed by atoms with Crippen LogP contribution in [0.3, 0.4) is 0 Å². The molecule has 0 aliphatic carbocycles. The molecule has 1 N–H and O–H groups in total. The van der Waals surface area contributed by atoms with E-state index in [1.54, 1.807) is 0 Å². The summed E-state index contributed by atoms with van der Waals surface area (Å²) in [6.45, 7) is 1.17. The van der Waals surface area contributed by atoms with Gasteiger partial charge in [0, 0.05) is 0 Å². The fourth-order valence-corrected chi connectivity index (χ4v) is 3.17. The van der Waals surface area contributed by atoms with Crippen molar-refractivity contribution >= 4 is 37.1 Å². The maximum atomic E-state index is 4.07. The molecule has 0 unspecified atom stereocenters. The van der Waals surface area contributed by atoms with E-state index in [9.17, 15) is 0 Å². The summed E-state index contributed by atoms with van der Waals surface area (Å²) >= 11 is 0.138. The molecule has 0 saturated carbocycles. The number of benzene rings is 1. The van der Waals surface area contributed by atoms with E-state index in [1.807, 2.05) is 0 Å². The average molecular weight is 212 g/mol. The van der Waals surface area contributed by atoms with Crippen molar-refractivity contribution in [2.24, 2.45) is 0 Å². The van der Waals surface area contributed by atoms with Crippen LogP contribution in [0.2, 0.25) is 0 Å². The number of aryl methyl sites for hydroxylation is 1. The number of aromatic nitrogens is 1. The van der Waals surface area contributed by atoms with Gasteiger partial charge >= 0.3 is 95.2 Å². The summed E-state index contributed by atoms with van der Waals surface area (Å²) in [6, 6.07) is 8.58. The van der Waals surface area contributed by atoms with Gasteiger partial charge in [0.2, 0.25) is 0 Å². The molecule has 3 rings (SSSR count). The van der Waals surface area contributed by atoms with Gasteiger partial charge in [-0.05, 0) is 0 Å². The van der Waals surface area contributed by atoms with Crippen molar-refractivity contribution in [1.29, 1.82) is 0 Å². The van der Waals surface area contributed by atoms with Gasteiger partial charge in [0.15, 0.2) is 0 Å². The molecule has 0 spiro atoms. The van der Waals surface area contributed by atoms with Crippen LogP contribution in [-0.4, -0.2) is 31.9 Å². The van der Waals surface area contributed by atoms with E-state index in [0.717, 1.165) is 0 Å². The maximum absolute atomic E-state index is 4.07. The van der Waals surface area contributed by atoms with Crippen molar-refractivity contribution in [3.05, 3.63) is 29.8 Å². The molecule has 74 valence electrons. The zero-order valence-corrected chi connectivity index (χ0v) is 9.82. The van der Waals surface area contributed by atoms with Crippen LogP contribution >= 0.6 is 0 Å². The normalized spacial score (nSPS) is 15.1. The monoisotopic (exact) mass is 212 g/mol. The van der Waals surface area contributed by atoms with Crippen LogP contribution in [0.25, 0.3) is 10.9 Å². The third-order valence-corrected chi connectivity index (χ3v) is 4.08. The van der Waals surface area contributed by atoms with Crippen LogP contribution in [0.1, 0.15) is 12.0 Å². The van der Waals surface area contributed by atoms with E-state index in [1.165, 1.54) is 41.7 Å². The van der Waals surface area contributed by atoms with Crippen LogP contribution in [-0.2, 0) is 6.42 Å². The summed E-state index contributed by atoms with van der Waals surface area (Å²) in [7, 11) is 0. The van der Waals surface area contributed by atoms with Crippen molar-refractivity contribution < 1.29 is 0 Å². The summed E-state index contributed by atoms with van der Waals surface area (Å²) in [5.41, 5.74) is 2.76. The molecule has 3 heteroatoms. The first-order chi connectivity index (χ1) is 7.40. The number of hydrogen-bond acceptors (Lipinski definition) is 1. The predicted octanol–water partition coefficient (Wildman–Crippen LogP) is 1.97. The Morgan fingerprint density at radius 1 is 1.33 bits per heavy atom. The van der Waals surface area contributed by atoms with Crippen LogP contribution in [0, 0.1) is 0 Å². The third-order valence-electron chi connectivity index (χ3n) is 3.12. The van der Waals surface area contributed by atoms with Gasteiger partial charge in [-0.25, -0.2) is 0 Å². The first kappa shape index (κ1) is 9.21. The number of fused-ring (bicyclic) bond motifs is 3. The molecule has 1 aliphatic rings. The zero-order chi connectivity index (χ0) is 10.3. The molecule has 0 fully saturated rings. The Hall–Kier alpha value is -1.04. The van der Waals surface area contributed by atoms with Crippen molar-refractivity contribution in [3.63, 3.8) is 0 Å². The van der Waals surface area contributed by atoms with Crippen molar-refractivity contribution in [2.45, 2.75) is 12.8 Å². The molecule has 0 saturated heterocycles. The van der Waals surface area contributed by atoms with Crippen LogP contribution in [0.5, 0.6) is 0 Å². The molecule has 1 aromatic heterocycles. The topological polar surface area (TPSA) is 19.0 Å². The molecule has 2 aromatic rings. The Labute approximate surface area is 95.4 Å². The summed E-state index contributed by atoms with van der Waals surface area (Å²) in [4.78, 5) is 3.52. The Morgan fingerprint density at radius 3 is 3.07 bits per heavy atom. The number of nitrogens with one attached hydrogen (secondary N) is 1. The van der Waals surface area contributed by atoms with Crippen molar-refractivity contribution in [2.75, 3.05) is 10.4 Å². The first-order valence-corrected chi connectivity index (χ1v) is 6.72. The number of anilines is 1. The summed E-state index contributed by atoms with van der Waals surface area (Å²) in [5.74, 6) is 1.33. The van der Waals surface area contributed by atoms with Gasteiger partial charge in [0.1, 0.15) is 0 Å². The molecule has 0 amide bonds. The Balaban J connectivity index is 2.28. The van der Waals surface area contributed by atoms with E-state index in [2.05, 4.69) is 38.5 Å². The first-order valence-electron chi connectivity index (χ1n) is 5.39. The Morgan fingerprint density at radius 2 is 2.20 bits per heavy atom.